The second kappa shape index (κ2) is 46.0. The first-order chi connectivity index (χ1) is 50.6. The predicted octanol–water partition coefficient (Wildman–Crippen LogP) is -10.7. The molecule has 2 saturated heterocycles. The van der Waals surface area contributed by atoms with Crippen molar-refractivity contribution in [1.29, 1.82) is 0 Å². The highest BCUT2D eigenvalue weighted by Crippen LogP contribution is 2.24. The predicted molar refractivity (Wildman–Crippen MR) is 360 cm³/mol. The number of nitrogens with zero attached hydrogens (tertiary/aromatic N) is 8. The van der Waals surface area contributed by atoms with Gasteiger partial charge in [-0.05, 0) is 104 Å². The number of aryl methyl sites for hydroxylation is 4. The van der Waals surface area contributed by atoms with Crippen LogP contribution in [-0.4, -0.2) is 382 Å². The van der Waals surface area contributed by atoms with Crippen LogP contribution in [-0.2, 0) is 35.8 Å². The average Bonchev–Trinajstić information content (AvgIpc) is 1.64. The number of carbonyl (C=O) groups is 4. The third kappa shape index (κ3) is 28.9. The van der Waals surface area contributed by atoms with Gasteiger partial charge in [-0.1, -0.05) is 0 Å². The monoisotopic (exact) mass is 1570 g/mol. The average molecular weight is 1570 g/mol. The molecule has 16 atom stereocenters. The van der Waals surface area contributed by atoms with Gasteiger partial charge in [-0.15, -0.1) is 0 Å². The Morgan fingerprint density at radius 2 is 0.685 bits per heavy atom. The van der Waals surface area contributed by atoms with E-state index >= 15 is 0 Å². The lowest BCUT2D eigenvalue weighted by molar-refractivity contribution is -0.668. The van der Waals surface area contributed by atoms with Crippen molar-refractivity contribution in [3.8, 4) is 0 Å². The number of benzene rings is 2. The largest absolute Gasteiger partial charge is 0.542 e. The van der Waals surface area contributed by atoms with Crippen LogP contribution in [0.25, 0.3) is 22.1 Å². The zero-order chi connectivity index (χ0) is 81.8. The van der Waals surface area contributed by atoms with Crippen LogP contribution in [0.5, 0.6) is 0 Å². The standard InChI is InChI=1S/2C31H53N5O11.2C2HF3O2/c2*1-3-34-18-35(4-2)22-13-19(5-6-21(22)34)31(47)32-9-12-33-10-7-20(8-11-33)36(14-23(39)27(43)29(45)25(41)16-37)15-24(40)28(44)30(46)26(42)17-38;2*3-2(4,5)1(6)7/h2*5-6,13,18,20,23-30,37-46H,3-4,7-12,14-17H2,1-2H3;2*(H,6,7)/t2*23-,24-,25+,26+,27+,28+,29+,30+;;/m00../s1. The fourth-order valence-electron chi connectivity index (χ4n) is 12.1. The summed E-state index contributed by atoms with van der Waals surface area (Å²) in [5, 5.41) is 223. The Hall–Kier alpha value is -6.12. The number of piperidine rings is 2. The van der Waals surface area contributed by atoms with Crippen molar-refractivity contribution in [2.24, 2.45) is 0 Å². The number of rotatable bonds is 38. The number of aromatic nitrogens is 4. The molecule has 2 aromatic heterocycles. The van der Waals surface area contributed by atoms with Gasteiger partial charge in [-0.25, -0.2) is 18.3 Å². The minimum absolute atomic E-state index is 0.179. The number of aliphatic hydroxyl groups excluding tert-OH is 20. The van der Waals surface area contributed by atoms with Crippen molar-refractivity contribution in [3.05, 3.63) is 60.2 Å². The van der Waals surface area contributed by atoms with E-state index in [4.69, 9.17) is 40.2 Å². The first-order valence-corrected chi connectivity index (χ1v) is 35.0. The smallest absolute Gasteiger partial charge is 0.430 e. The summed E-state index contributed by atoms with van der Waals surface area (Å²) in [6, 6.07) is 10.8. The molecular formula is C66H108F6N10O26. The molecule has 2 aliphatic heterocycles. The molecule has 0 radical (unpaired) electrons. The van der Waals surface area contributed by atoms with Crippen LogP contribution in [0.3, 0.4) is 0 Å². The van der Waals surface area contributed by atoms with Crippen LogP contribution in [0, 0.1) is 0 Å². The van der Waals surface area contributed by atoms with Crippen molar-refractivity contribution in [2.45, 2.75) is 202 Å². The van der Waals surface area contributed by atoms with Gasteiger partial charge in [0.15, 0.2) is 22.1 Å². The van der Waals surface area contributed by atoms with Gasteiger partial charge >= 0.3 is 12.4 Å². The van der Waals surface area contributed by atoms with E-state index < -0.39 is 148 Å². The molecule has 0 spiro atoms. The fourth-order valence-corrected chi connectivity index (χ4v) is 12.1. The Labute approximate surface area is 617 Å². The van der Waals surface area contributed by atoms with Crippen molar-refractivity contribution < 1.29 is 167 Å². The number of carbonyl (C=O) groups excluding carboxylic acids is 4. The van der Waals surface area contributed by atoms with Crippen LogP contribution in [0.2, 0.25) is 0 Å². The number of aliphatic carboxylic acids is 2. The van der Waals surface area contributed by atoms with Gasteiger partial charge in [0.05, 0.1) is 77.0 Å². The molecule has 42 heteroatoms. The van der Waals surface area contributed by atoms with Crippen LogP contribution in [0.4, 0.5) is 26.3 Å². The molecule has 2 aliphatic rings. The van der Waals surface area contributed by atoms with Crippen molar-refractivity contribution in [3.63, 3.8) is 0 Å². The second-order valence-corrected chi connectivity index (χ2v) is 26.1. The molecule has 620 valence electrons. The molecule has 2 amide bonds. The Kier molecular flexibility index (Phi) is 40.9. The summed E-state index contributed by atoms with van der Waals surface area (Å²) < 4.78 is 71.6. The van der Waals surface area contributed by atoms with Gasteiger partial charge < -0.3 is 142 Å². The van der Waals surface area contributed by atoms with E-state index in [2.05, 4.69) is 66.4 Å². The van der Waals surface area contributed by atoms with Gasteiger partial charge in [-0.2, -0.15) is 26.3 Å². The Balaban J connectivity index is 0.000000474. The van der Waals surface area contributed by atoms with Gasteiger partial charge in [0.2, 0.25) is 12.7 Å². The summed E-state index contributed by atoms with van der Waals surface area (Å²) >= 11 is 0. The zero-order valence-electron chi connectivity index (χ0n) is 60.2. The Morgan fingerprint density at radius 1 is 0.444 bits per heavy atom. The van der Waals surface area contributed by atoms with Crippen molar-refractivity contribution in [2.75, 3.05) is 105 Å². The maximum atomic E-state index is 12.9. The molecule has 22 N–H and O–H groups in total. The highest BCUT2D eigenvalue weighted by molar-refractivity contribution is 5.97. The minimum atomic E-state index is -5.19. The highest BCUT2D eigenvalue weighted by atomic mass is 19.4. The number of carboxylic acids is 2. The summed E-state index contributed by atoms with van der Waals surface area (Å²) in [5.74, 6) is -6.37. The molecule has 0 unspecified atom stereocenters. The number of hydrogen-bond acceptors (Lipinski definition) is 30. The lowest BCUT2D eigenvalue weighted by Gasteiger charge is -2.41. The summed E-state index contributed by atoms with van der Waals surface area (Å²) in [4.78, 5) is 50.9. The Morgan fingerprint density at radius 3 is 0.898 bits per heavy atom. The van der Waals surface area contributed by atoms with E-state index in [-0.39, 0.29) is 50.1 Å². The number of alkyl halides is 6. The highest BCUT2D eigenvalue weighted by Gasteiger charge is 2.40. The third-order valence-corrected chi connectivity index (χ3v) is 18.7. The van der Waals surface area contributed by atoms with Crippen LogP contribution >= 0.6 is 0 Å². The summed E-state index contributed by atoms with van der Waals surface area (Å²) in [6.45, 7) is 11.2. The molecule has 6 rings (SSSR count). The number of fused-ring (bicyclic) bond motifs is 2. The normalized spacial score (nSPS) is 19.0. The van der Waals surface area contributed by atoms with E-state index in [1.165, 1.54) is 0 Å². The van der Waals surface area contributed by atoms with Crippen LogP contribution in [0.1, 0.15) is 74.1 Å². The lowest BCUT2D eigenvalue weighted by atomic mass is 9.97. The van der Waals surface area contributed by atoms with E-state index in [9.17, 15) is 118 Å². The van der Waals surface area contributed by atoms with Gasteiger partial charge in [0.25, 0.3) is 11.8 Å². The number of nitrogens with one attached hydrogen (secondary N) is 2. The molecule has 108 heavy (non-hydrogen) atoms. The molecule has 2 fully saturated rings. The lowest BCUT2D eigenvalue weighted by Crippen LogP contribution is -2.56. The van der Waals surface area contributed by atoms with E-state index in [0.717, 1.165) is 48.2 Å². The first kappa shape index (κ1) is 96.1. The number of halogens is 6. The first-order valence-electron chi connectivity index (χ1n) is 35.0. The third-order valence-electron chi connectivity index (χ3n) is 18.7. The maximum Gasteiger partial charge on any atom is 0.430 e. The fraction of sp³-hybridized carbons (Fsp3) is 0.727. The molecule has 2 aromatic carbocycles. The topological polar surface area (TPSA) is 574 Å². The van der Waals surface area contributed by atoms with Gasteiger partial charge in [0.1, 0.15) is 85.2 Å². The molecular weight excluding hydrogens is 1460 g/mol. The molecule has 36 nitrogen and oxygen atoms in total. The van der Waals surface area contributed by atoms with Crippen molar-refractivity contribution >= 4 is 45.8 Å². The van der Waals surface area contributed by atoms with Gasteiger partial charge in [0, 0.05) is 87.7 Å². The summed E-state index contributed by atoms with van der Waals surface area (Å²) in [7, 11) is 0. The number of carboxylic acid groups (broad SMARTS) is 2. The Bertz CT molecular complexity index is 3040. The second-order valence-electron chi connectivity index (χ2n) is 26.1. The van der Waals surface area contributed by atoms with Crippen LogP contribution < -0.4 is 30.0 Å². The number of aliphatic hydroxyl groups is 20. The molecule has 4 heterocycles. The summed E-state index contributed by atoms with van der Waals surface area (Å²) in [6.07, 6.45) is -32.2. The van der Waals surface area contributed by atoms with E-state index in [1.54, 1.807) is 9.80 Å². The molecule has 0 bridgehead atoms. The van der Waals surface area contributed by atoms with Crippen LogP contribution in [0.15, 0.2) is 49.1 Å². The maximum absolute atomic E-state index is 12.9. The number of hydrogen-bond donors (Lipinski definition) is 22. The zero-order valence-corrected chi connectivity index (χ0v) is 60.2. The SMILES string of the molecule is CCn1c[n+](CC)c2ccc(C(=O)NCCN3CCC(N(C[C@H](O)[C@@H](O)[C@H](O)[C@H](O)CO)C[C@H](O)[C@@H](O)[C@H](O)[C@H](O)CO)CC3)cc21.CCn1c[n+](CC)c2ccc(C(=O)NCCN3CCC(N(C[C@H](O)[C@@H](O)[C@H](O)[C@H](O)CO)C[C@H](O)[C@@H](O)[C@H](O)[C@H](O)CO)CC3)cc21.O=C([O-])C(F)(F)F.O=C([O-])C(F)(F)F. The van der Waals surface area contributed by atoms with Gasteiger partial charge in [-0.3, -0.25) is 19.4 Å². The number of amides is 2. The van der Waals surface area contributed by atoms with Crippen molar-refractivity contribution in [1.82, 2.24) is 39.4 Å². The van der Waals surface area contributed by atoms with E-state index in [0.29, 0.717) is 89.2 Å². The molecule has 0 aliphatic carbocycles. The number of imidazole rings is 2. The van der Waals surface area contributed by atoms with E-state index in [1.807, 2.05) is 49.1 Å². The number of likely N-dealkylation sites (tertiary alicyclic amines) is 2. The quantitative estimate of drug-likeness (QED) is 0.0146. The minimum Gasteiger partial charge on any atom is -0.542 e. The summed E-state index contributed by atoms with van der Waals surface area (Å²) in [5.41, 5.74) is 5.23. The molecule has 4 aromatic rings. The molecule has 0 saturated carbocycles.